The zero-order chi connectivity index (χ0) is 27.3. The molecule has 1 aromatic heterocycles. The summed E-state index contributed by atoms with van der Waals surface area (Å²) in [5.74, 6) is 0.0672. The molecule has 208 valence electrons. The third kappa shape index (κ3) is 9.05. The predicted octanol–water partition coefficient (Wildman–Crippen LogP) is 2.56. The number of nitrogens with zero attached hydrogens (tertiary/aromatic N) is 3. The lowest BCUT2D eigenvalue weighted by molar-refractivity contribution is -0.142. The zero-order valence-corrected chi connectivity index (χ0v) is 23.0. The van der Waals surface area contributed by atoms with Crippen molar-refractivity contribution in [1.82, 2.24) is 25.1 Å². The molecule has 1 aliphatic rings. The fourth-order valence-electron chi connectivity index (χ4n) is 4.82. The van der Waals surface area contributed by atoms with Crippen LogP contribution in [-0.4, -0.2) is 93.5 Å². The van der Waals surface area contributed by atoms with Crippen LogP contribution in [0.2, 0.25) is 0 Å². The largest absolute Gasteiger partial charge is 0.496 e. The molecule has 2 heterocycles. The number of carbonyl (C=O) groups excluding carboxylic acids is 2. The number of hydrogen-bond acceptors (Lipinski definition) is 7. The van der Waals surface area contributed by atoms with Crippen LogP contribution in [0, 0.1) is 0 Å². The second-order valence-electron chi connectivity index (χ2n) is 9.53. The number of nitrogens with one attached hydrogen (secondary N) is 2. The fourth-order valence-corrected chi connectivity index (χ4v) is 5.29. The Morgan fingerprint density at radius 2 is 2.13 bits per heavy atom. The summed E-state index contributed by atoms with van der Waals surface area (Å²) < 4.78 is 5.53. The standard InChI is InChI=1S/C27H39N5O5S/c1-37-24-9-4-3-7-20(24)16-31(18-25(33)30-23(27(35)36)12-14-38-2)17-22-8-5-6-13-32(22)26(34)11-10-21-15-28-19-29-21/h3-4,7,9,15,19,22-23H,5-6,8,10-14,16-18H2,1-2H3,(H,28,29)(H,30,33)(H,35,36)/t22-,23?/m0/s1. The number of para-hydroxylation sites is 1. The lowest BCUT2D eigenvalue weighted by Crippen LogP contribution is -2.52. The number of carboxylic acid groups (broad SMARTS) is 1. The summed E-state index contributed by atoms with van der Waals surface area (Å²) in [6, 6.07) is 6.68. The molecule has 11 heteroatoms. The van der Waals surface area contributed by atoms with Gasteiger partial charge in [0.05, 0.1) is 20.0 Å². The van der Waals surface area contributed by atoms with Crippen molar-refractivity contribution in [3.05, 3.63) is 48.0 Å². The lowest BCUT2D eigenvalue weighted by atomic mass is 10.00. The average molecular weight is 546 g/mol. The molecule has 1 unspecified atom stereocenters. The van der Waals surface area contributed by atoms with Gasteiger partial charge < -0.3 is 25.0 Å². The molecule has 1 aliphatic heterocycles. The van der Waals surface area contributed by atoms with Gasteiger partial charge in [-0.15, -0.1) is 0 Å². The number of amides is 2. The van der Waals surface area contributed by atoms with Crippen molar-refractivity contribution < 1.29 is 24.2 Å². The number of aliphatic carboxylic acids is 1. The molecule has 2 aromatic rings. The first-order valence-electron chi connectivity index (χ1n) is 13.0. The molecule has 0 spiro atoms. The van der Waals surface area contributed by atoms with Gasteiger partial charge in [0.1, 0.15) is 11.8 Å². The molecule has 10 nitrogen and oxygen atoms in total. The number of hydrogen-bond donors (Lipinski definition) is 3. The van der Waals surface area contributed by atoms with E-state index in [1.165, 1.54) is 0 Å². The first-order valence-corrected chi connectivity index (χ1v) is 14.4. The summed E-state index contributed by atoms with van der Waals surface area (Å²) in [5, 5.41) is 12.2. The molecule has 0 aliphatic carbocycles. The lowest BCUT2D eigenvalue weighted by Gasteiger charge is -2.39. The van der Waals surface area contributed by atoms with Crippen LogP contribution in [0.3, 0.4) is 0 Å². The molecular formula is C27H39N5O5S. The molecule has 0 bridgehead atoms. The number of aromatic nitrogens is 2. The first kappa shape index (κ1) is 29.5. The minimum atomic E-state index is -1.04. The van der Waals surface area contributed by atoms with E-state index in [0.717, 1.165) is 36.3 Å². The summed E-state index contributed by atoms with van der Waals surface area (Å²) in [6.45, 7) is 1.65. The molecule has 3 rings (SSSR count). The smallest absolute Gasteiger partial charge is 0.326 e. The molecule has 1 aromatic carbocycles. The average Bonchev–Trinajstić information content (AvgIpc) is 3.44. The Kier molecular flexibility index (Phi) is 11.9. The number of carboxylic acids is 1. The Morgan fingerprint density at radius 1 is 1.32 bits per heavy atom. The first-order chi connectivity index (χ1) is 18.4. The summed E-state index contributed by atoms with van der Waals surface area (Å²) in [5.41, 5.74) is 1.85. The highest BCUT2D eigenvalue weighted by molar-refractivity contribution is 7.98. The number of aryl methyl sites for hydroxylation is 1. The van der Waals surface area contributed by atoms with E-state index < -0.39 is 12.0 Å². The van der Waals surface area contributed by atoms with Crippen LogP contribution in [0.15, 0.2) is 36.8 Å². The second-order valence-corrected chi connectivity index (χ2v) is 10.5. The van der Waals surface area contributed by atoms with Crippen molar-refractivity contribution in [2.75, 3.05) is 38.8 Å². The Morgan fingerprint density at radius 3 is 2.84 bits per heavy atom. The number of carbonyl (C=O) groups is 3. The summed E-state index contributed by atoms with van der Waals surface area (Å²) in [4.78, 5) is 48.9. The van der Waals surface area contributed by atoms with E-state index in [1.54, 1.807) is 31.4 Å². The van der Waals surface area contributed by atoms with Gasteiger partial charge in [-0.05, 0) is 50.2 Å². The number of thioether (sulfide) groups is 1. The molecule has 0 saturated carbocycles. The number of H-pyrrole nitrogens is 1. The van der Waals surface area contributed by atoms with Crippen LogP contribution in [-0.2, 0) is 27.3 Å². The predicted molar refractivity (Wildman–Crippen MR) is 147 cm³/mol. The summed E-state index contributed by atoms with van der Waals surface area (Å²) >= 11 is 1.54. The quantitative estimate of drug-likeness (QED) is 0.312. The number of piperidine rings is 1. The fraction of sp³-hybridized carbons (Fsp3) is 0.556. The number of methoxy groups -OCH3 is 1. The van der Waals surface area contributed by atoms with Crippen molar-refractivity contribution in [1.29, 1.82) is 0 Å². The van der Waals surface area contributed by atoms with Gasteiger partial charge in [0.2, 0.25) is 11.8 Å². The van der Waals surface area contributed by atoms with Crippen LogP contribution in [0.25, 0.3) is 0 Å². The maximum atomic E-state index is 13.2. The van der Waals surface area contributed by atoms with E-state index in [-0.39, 0.29) is 24.4 Å². The van der Waals surface area contributed by atoms with E-state index >= 15 is 0 Å². The van der Waals surface area contributed by atoms with Crippen molar-refractivity contribution in [2.45, 2.75) is 57.2 Å². The van der Waals surface area contributed by atoms with Crippen LogP contribution >= 0.6 is 11.8 Å². The van der Waals surface area contributed by atoms with Crippen molar-refractivity contribution in [3.8, 4) is 5.75 Å². The Bertz CT molecular complexity index is 1030. The van der Waals surface area contributed by atoms with Crippen LogP contribution in [0.5, 0.6) is 5.75 Å². The Labute approximate surface area is 228 Å². The van der Waals surface area contributed by atoms with Crippen molar-refractivity contribution in [2.24, 2.45) is 0 Å². The molecule has 3 N–H and O–H groups in total. The van der Waals surface area contributed by atoms with E-state index in [1.807, 2.05) is 40.3 Å². The molecule has 2 atom stereocenters. The maximum Gasteiger partial charge on any atom is 0.326 e. The second kappa shape index (κ2) is 15.4. The normalized spacial score (nSPS) is 16.3. The number of rotatable bonds is 15. The minimum absolute atomic E-state index is 0.0216. The topological polar surface area (TPSA) is 128 Å². The van der Waals surface area contributed by atoms with Gasteiger partial charge >= 0.3 is 5.97 Å². The number of benzene rings is 1. The highest BCUT2D eigenvalue weighted by atomic mass is 32.2. The number of aromatic amines is 1. The van der Waals surface area contributed by atoms with E-state index in [4.69, 9.17) is 4.74 Å². The van der Waals surface area contributed by atoms with Gasteiger partial charge in [0, 0.05) is 49.6 Å². The number of ether oxygens (including phenoxy) is 1. The van der Waals surface area contributed by atoms with Crippen molar-refractivity contribution in [3.63, 3.8) is 0 Å². The van der Waals surface area contributed by atoms with Gasteiger partial charge in [0.15, 0.2) is 0 Å². The van der Waals surface area contributed by atoms with Gasteiger partial charge in [0.25, 0.3) is 0 Å². The van der Waals surface area contributed by atoms with Gasteiger partial charge in [-0.3, -0.25) is 14.5 Å². The SMILES string of the molecule is COc1ccccc1CN(CC(=O)NC(CCSC)C(=O)O)C[C@@H]1CCCCN1C(=O)CCc1cnc[nH]1. The third-order valence-corrected chi connectivity index (χ3v) is 7.42. The van der Waals surface area contributed by atoms with Gasteiger partial charge in [-0.25, -0.2) is 9.78 Å². The van der Waals surface area contributed by atoms with Gasteiger partial charge in [-0.1, -0.05) is 18.2 Å². The highest BCUT2D eigenvalue weighted by Gasteiger charge is 2.30. The van der Waals surface area contributed by atoms with E-state index in [2.05, 4.69) is 15.3 Å². The van der Waals surface area contributed by atoms with Crippen LogP contribution < -0.4 is 10.1 Å². The molecule has 2 amide bonds. The zero-order valence-electron chi connectivity index (χ0n) is 22.2. The molecule has 0 radical (unpaired) electrons. The van der Waals surface area contributed by atoms with Gasteiger partial charge in [-0.2, -0.15) is 11.8 Å². The Balaban J connectivity index is 1.72. The third-order valence-electron chi connectivity index (χ3n) is 6.78. The highest BCUT2D eigenvalue weighted by Crippen LogP contribution is 2.23. The monoisotopic (exact) mass is 545 g/mol. The summed E-state index contributed by atoms with van der Waals surface area (Å²) in [7, 11) is 1.61. The van der Waals surface area contributed by atoms with Crippen LogP contribution in [0.1, 0.15) is 43.4 Å². The van der Waals surface area contributed by atoms with E-state index in [0.29, 0.717) is 44.6 Å². The molecule has 1 fully saturated rings. The molecular weight excluding hydrogens is 506 g/mol. The van der Waals surface area contributed by atoms with Crippen molar-refractivity contribution >= 4 is 29.5 Å². The number of likely N-dealkylation sites (tertiary alicyclic amines) is 1. The summed E-state index contributed by atoms with van der Waals surface area (Å²) in [6.07, 6.45) is 9.42. The Hall–Kier alpha value is -3.05. The molecule has 1 saturated heterocycles. The molecule has 38 heavy (non-hydrogen) atoms. The minimum Gasteiger partial charge on any atom is -0.496 e. The maximum absolute atomic E-state index is 13.2. The van der Waals surface area contributed by atoms with E-state index in [9.17, 15) is 19.5 Å². The van der Waals surface area contributed by atoms with Crippen LogP contribution in [0.4, 0.5) is 0 Å². The number of imidazole rings is 1.